The molecule has 2 rings (SSSR count). The molecule has 1 saturated heterocycles. The number of aromatic amines is 1. The molecule has 0 aliphatic carbocycles. The van der Waals surface area contributed by atoms with Gasteiger partial charge < -0.3 is 4.74 Å². The fraction of sp³-hybridized carbons (Fsp3) is 0.733. The standard InChI is InChI=1S/C15H22N6O/c1-11(2)14-18-15(20-19-14)13-10-21(6-7-22-13)9-12(8-17)4-3-5-16/h11-13H,3-4,6-7,9-10H2,1-2H3,(H,18,19,20)/t12-,13+/m1/s1. The number of H-pyrrole nitrogens is 1. The highest BCUT2D eigenvalue weighted by Crippen LogP contribution is 2.21. The molecule has 0 bridgehead atoms. The Morgan fingerprint density at radius 1 is 1.45 bits per heavy atom. The van der Waals surface area contributed by atoms with Crippen molar-refractivity contribution in [3.05, 3.63) is 11.6 Å². The number of nitriles is 2. The molecule has 0 radical (unpaired) electrons. The van der Waals surface area contributed by atoms with Gasteiger partial charge in [-0.25, -0.2) is 4.98 Å². The first-order valence-electron chi connectivity index (χ1n) is 7.66. The molecule has 0 aromatic carbocycles. The van der Waals surface area contributed by atoms with E-state index in [9.17, 15) is 5.26 Å². The van der Waals surface area contributed by atoms with Crippen LogP contribution in [0.1, 0.15) is 50.4 Å². The summed E-state index contributed by atoms with van der Waals surface area (Å²) in [4.78, 5) is 6.70. The first-order valence-corrected chi connectivity index (χ1v) is 7.66. The van der Waals surface area contributed by atoms with E-state index in [1.807, 2.05) is 13.8 Å². The van der Waals surface area contributed by atoms with E-state index in [-0.39, 0.29) is 17.9 Å². The second-order valence-corrected chi connectivity index (χ2v) is 5.88. The van der Waals surface area contributed by atoms with Crippen LogP contribution in [-0.4, -0.2) is 46.3 Å². The summed E-state index contributed by atoms with van der Waals surface area (Å²) in [6.07, 6.45) is 0.907. The Morgan fingerprint density at radius 2 is 2.27 bits per heavy atom. The topological polar surface area (TPSA) is 102 Å². The van der Waals surface area contributed by atoms with E-state index in [1.54, 1.807) is 0 Å². The van der Waals surface area contributed by atoms with Crippen LogP contribution in [0.2, 0.25) is 0 Å². The van der Waals surface area contributed by atoms with Gasteiger partial charge in [0.25, 0.3) is 0 Å². The quantitative estimate of drug-likeness (QED) is 0.859. The van der Waals surface area contributed by atoms with Gasteiger partial charge in [-0.1, -0.05) is 13.8 Å². The maximum Gasteiger partial charge on any atom is 0.155 e. The van der Waals surface area contributed by atoms with Gasteiger partial charge in [0.2, 0.25) is 0 Å². The van der Waals surface area contributed by atoms with Crippen LogP contribution in [0.15, 0.2) is 0 Å². The maximum atomic E-state index is 9.18. The molecule has 118 valence electrons. The van der Waals surface area contributed by atoms with Crippen molar-refractivity contribution in [3.63, 3.8) is 0 Å². The number of ether oxygens (including phenoxy) is 1. The summed E-state index contributed by atoms with van der Waals surface area (Å²) in [5.41, 5.74) is 0. The van der Waals surface area contributed by atoms with Gasteiger partial charge in [0.05, 0.1) is 24.7 Å². The fourth-order valence-corrected chi connectivity index (χ4v) is 2.47. The van der Waals surface area contributed by atoms with E-state index >= 15 is 0 Å². The Bertz CT molecular complexity index is 555. The van der Waals surface area contributed by atoms with Crippen molar-refractivity contribution in [3.8, 4) is 12.1 Å². The molecule has 0 spiro atoms. The molecule has 0 amide bonds. The average Bonchev–Trinajstić information content (AvgIpc) is 3.02. The van der Waals surface area contributed by atoms with Gasteiger partial charge in [-0.15, -0.1) is 0 Å². The summed E-state index contributed by atoms with van der Waals surface area (Å²) >= 11 is 0. The molecule has 2 heterocycles. The van der Waals surface area contributed by atoms with Gasteiger partial charge in [0.15, 0.2) is 11.6 Å². The number of morpholine rings is 1. The molecule has 1 aliphatic rings. The van der Waals surface area contributed by atoms with Gasteiger partial charge in [-0.2, -0.15) is 15.6 Å². The lowest BCUT2D eigenvalue weighted by Gasteiger charge is -2.32. The molecular weight excluding hydrogens is 280 g/mol. The Labute approximate surface area is 130 Å². The number of hydrogen-bond donors (Lipinski definition) is 1. The first kappa shape index (κ1) is 16.4. The summed E-state index contributed by atoms with van der Waals surface area (Å²) in [5.74, 6) is 1.71. The van der Waals surface area contributed by atoms with E-state index in [4.69, 9.17) is 10.00 Å². The number of nitrogens with zero attached hydrogens (tertiary/aromatic N) is 5. The summed E-state index contributed by atoms with van der Waals surface area (Å²) in [6, 6.07) is 4.39. The lowest BCUT2D eigenvalue weighted by molar-refractivity contribution is -0.0369. The van der Waals surface area contributed by atoms with Crippen LogP contribution in [0.5, 0.6) is 0 Å². The van der Waals surface area contributed by atoms with E-state index in [1.165, 1.54) is 0 Å². The van der Waals surface area contributed by atoms with Gasteiger partial charge >= 0.3 is 0 Å². The monoisotopic (exact) mass is 302 g/mol. The zero-order chi connectivity index (χ0) is 15.9. The summed E-state index contributed by atoms with van der Waals surface area (Å²) in [7, 11) is 0. The smallest absolute Gasteiger partial charge is 0.155 e. The molecule has 2 atom stereocenters. The number of nitrogens with one attached hydrogen (secondary N) is 1. The van der Waals surface area contributed by atoms with Gasteiger partial charge in [-0.05, 0) is 6.42 Å². The minimum atomic E-state index is -0.135. The minimum absolute atomic E-state index is 0.112. The molecule has 7 nitrogen and oxygen atoms in total. The largest absolute Gasteiger partial charge is 0.368 e. The Kier molecular flexibility index (Phi) is 5.88. The highest BCUT2D eigenvalue weighted by atomic mass is 16.5. The van der Waals surface area contributed by atoms with E-state index < -0.39 is 0 Å². The second kappa shape index (κ2) is 7.88. The minimum Gasteiger partial charge on any atom is -0.368 e. The maximum absolute atomic E-state index is 9.18. The molecule has 22 heavy (non-hydrogen) atoms. The van der Waals surface area contributed by atoms with Gasteiger partial charge in [0.1, 0.15) is 6.10 Å². The Morgan fingerprint density at radius 3 is 2.91 bits per heavy atom. The molecule has 1 aromatic heterocycles. The lowest BCUT2D eigenvalue weighted by Crippen LogP contribution is -2.41. The third-order valence-corrected chi connectivity index (χ3v) is 3.76. The normalized spacial score (nSPS) is 20.5. The molecule has 0 saturated carbocycles. The lowest BCUT2D eigenvalue weighted by atomic mass is 10.0. The molecule has 1 N–H and O–H groups in total. The zero-order valence-electron chi connectivity index (χ0n) is 13.1. The summed E-state index contributed by atoms with van der Waals surface area (Å²) in [6.45, 7) is 6.87. The van der Waals surface area contributed by atoms with Crippen LogP contribution in [0.25, 0.3) is 0 Å². The fourth-order valence-electron chi connectivity index (χ4n) is 2.47. The van der Waals surface area contributed by atoms with Crippen molar-refractivity contribution in [2.24, 2.45) is 5.92 Å². The number of rotatable bonds is 6. The molecular formula is C15H22N6O. The molecule has 0 unspecified atom stereocenters. The zero-order valence-corrected chi connectivity index (χ0v) is 13.1. The third-order valence-electron chi connectivity index (χ3n) is 3.76. The molecule has 7 heteroatoms. The van der Waals surface area contributed by atoms with Crippen molar-refractivity contribution in [2.45, 2.75) is 38.7 Å². The number of hydrogen-bond acceptors (Lipinski definition) is 6. The van der Waals surface area contributed by atoms with Crippen LogP contribution in [0.3, 0.4) is 0 Å². The van der Waals surface area contributed by atoms with E-state index in [0.717, 1.165) is 18.2 Å². The molecule has 1 fully saturated rings. The predicted molar refractivity (Wildman–Crippen MR) is 79.6 cm³/mol. The van der Waals surface area contributed by atoms with Crippen molar-refractivity contribution < 1.29 is 4.74 Å². The summed E-state index contributed by atoms with van der Waals surface area (Å²) in [5, 5.41) is 25.0. The molecule has 1 aliphatic heterocycles. The van der Waals surface area contributed by atoms with Crippen molar-refractivity contribution in [2.75, 3.05) is 26.2 Å². The van der Waals surface area contributed by atoms with Crippen molar-refractivity contribution in [1.29, 1.82) is 10.5 Å². The molecule has 1 aromatic rings. The third kappa shape index (κ3) is 4.27. The van der Waals surface area contributed by atoms with Crippen LogP contribution in [-0.2, 0) is 4.74 Å². The van der Waals surface area contributed by atoms with Crippen LogP contribution in [0.4, 0.5) is 0 Å². The van der Waals surface area contributed by atoms with Crippen LogP contribution < -0.4 is 0 Å². The predicted octanol–water partition coefficient (Wildman–Crippen LogP) is 1.74. The average molecular weight is 302 g/mol. The Balaban J connectivity index is 1.93. The number of aromatic nitrogens is 3. The highest BCUT2D eigenvalue weighted by molar-refractivity contribution is 5.00. The van der Waals surface area contributed by atoms with Crippen LogP contribution in [0, 0.1) is 28.6 Å². The Hall–Kier alpha value is -1.96. The van der Waals surface area contributed by atoms with Crippen molar-refractivity contribution >= 4 is 0 Å². The van der Waals surface area contributed by atoms with E-state index in [2.05, 4.69) is 32.2 Å². The van der Waals surface area contributed by atoms with Gasteiger partial charge in [-0.3, -0.25) is 10.00 Å². The SMILES string of the molecule is CC(C)c1n[nH]c([C@@H]2CN(C[C@@H](C#N)CCC#N)CCO2)n1. The first-order chi connectivity index (χ1) is 10.6. The summed E-state index contributed by atoms with van der Waals surface area (Å²) < 4.78 is 5.77. The van der Waals surface area contributed by atoms with Crippen molar-refractivity contribution in [1.82, 2.24) is 20.1 Å². The highest BCUT2D eigenvalue weighted by Gasteiger charge is 2.26. The second-order valence-electron chi connectivity index (χ2n) is 5.88. The van der Waals surface area contributed by atoms with Gasteiger partial charge in [0, 0.05) is 32.0 Å². The van der Waals surface area contributed by atoms with Crippen LogP contribution >= 0.6 is 0 Å². The van der Waals surface area contributed by atoms with E-state index in [0.29, 0.717) is 32.5 Å².